The minimum Gasteiger partial charge on any atom is -0.381 e. The first-order chi connectivity index (χ1) is 8.16. The summed E-state index contributed by atoms with van der Waals surface area (Å²) >= 11 is 0. The molecule has 2 rings (SSSR count). The number of ether oxygens (including phenoxy) is 1. The fraction of sp³-hybridized carbons (Fsp3) is 0.833. The number of hydrogen-bond acceptors (Lipinski definition) is 4. The van der Waals surface area contributed by atoms with Crippen LogP contribution in [0.2, 0.25) is 0 Å². The standard InChI is InChI=1S/C12H20N2O3/c1-10(15)14-5-3-13(4-6-14)8-12(16)11-2-7-17-9-11/h11H,2-9H2,1H3. The van der Waals surface area contributed by atoms with E-state index in [1.165, 1.54) is 0 Å². The van der Waals surface area contributed by atoms with E-state index in [1.807, 2.05) is 4.90 Å². The first-order valence-corrected chi connectivity index (χ1v) is 6.25. The van der Waals surface area contributed by atoms with E-state index in [-0.39, 0.29) is 11.8 Å². The van der Waals surface area contributed by atoms with Crippen molar-refractivity contribution in [2.45, 2.75) is 13.3 Å². The van der Waals surface area contributed by atoms with E-state index in [2.05, 4.69) is 4.90 Å². The molecule has 96 valence electrons. The maximum absolute atomic E-state index is 11.9. The van der Waals surface area contributed by atoms with E-state index < -0.39 is 0 Å². The van der Waals surface area contributed by atoms with Crippen molar-refractivity contribution in [1.29, 1.82) is 0 Å². The molecule has 2 saturated heterocycles. The number of carbonyl (C=O) groups excluding carboxylic acids is 2. The SMILES string of the molecule is CC(=O)N1CCN(CC(=O)C2CCOC2)CC1. The van der Waals surface area contributed by atoms with Gasteiger partial charge in [0, 0.05) is 45.6 Å². The summed E-state index contributed by atoms with van der Waals surface area (Å²) in [7, 11) is 0. The molecule has 0 aromatic rings. The Labute approximate surface area is 102 Å². The third-order valence-electron chi connectivity index (χ3n) is 3.58. The molecule has 1 atom stereocenters. The van der Waals surface area contributed by atoms with Gasteiger partial charge in [-0.2, -0.15) is 0 Å². The quantitative estimate of drug-likeness (QED) is 0.683. The zero-order chi connectivity index (χ0) is 12.3. The summed E-state index contributed by atoms with van der Waals surface area (Å²) in [6.07, 6.45) is 0.867. The van der Waals surface area contributed by atoms with Crippen LogP contribution in [-0.4, -0.2) is 67.4 Å². The average Bonchev–Trinajstić information content (AvgIpc) is 2.83. The molecule has 2 aliphatic heterocycles. The Morgan fingerprint density at radius 1 is 1.24 bits per heavy atom. The molecule has 2 fully saturated rings. The molecule has 0 saturated carbocycles. The molecule has 0 radical (unpaired) electrons. The number of amides is 1. The first kappa shape index (κ1) is 12.5. The van der Waals surface area contributed by atoms with Crippen molar-refractivity contribution in [3.63, 3.8) is 0 Å². The van der Waals surface area contributed by atoms with Crippen LogP contribution in [0.25, 0.3) is 0 Å². The zero-order valence-corrected chi connectivity index (χ0v) is 10.4. The van der Waals surface area contributed by atoms with Crippen LogP contribution in [0.15, 0.2) is 0 Å². The number of carbonyl (C=O) groups is 2. The number of rotatable bonds is 3. The second kappa shape index (κ2) is 5.60. The second-order valence-corrected chi connectivity index (χ2v) is 4.81. The molecule has 1 unspecified atom stereocenters. The number of Topliss-reactive ketones (excluding diaryl/α,β-unsaturated/α-hetero) is 1. The predicted octanol–water partition coefficient (Wildman–Crippen LogP) is -0.244. The van der Waals surface area contributed by atoms with Crippen LogP contribution in [0.4, 0.5) is 0 Å². The van der Waals surface area contributed by atoms with Gasteiger partial charge in [0.1, 0.15) is 0 Å². The lowest BCUT2D eigenvalue weighted by molar-refractivity contribution is -0.131. The van der Waals surface area contributed by atoms with E-state index >= 15 is 0 Å². The van der Waals surface area contributed by atoms with Gasteiger partial charge in [-0.15, -0.1) is 0 Å². The lowest BCUT2D eigenvalue weighted by Crippen LogP contribution is -2.49. The van der Waals surface area contributed by atoms with Gasteiger partial charge in [0.25, 0.3) is 0 Å². The molecule has 1 amide bonds. The van der Waals surface area contributed by atoms with Crippen molar-refractivity contribution in [1.82, 2.24) is 9.80 Å². The minimum atomic E-state index is 0.0980. The summed E-state index contributed by atoms with van der Waals surface area (Å²) < 4.78 is 5.22. The van der Waals surface area contributed by atoms with Crippen LogP contribution in [0, 0.1) is 5.92 Å². The summed E-state index contributed by atoms with van der Waals surface area (Å²) in [6.45, 7) is 6.50. The molecular formula is C12H20N2O3. The smallest absolute Gasteiger partial charge is 0.219 e. The molecular weight excluding hydrogens is 220 g/mol. The lowest BCUT2D eigenvalue weighted by Gasteiger charge is -2.34. The summed E-state index contributed by atoms with van der Waals surface area (Å²) in [6, 6.07) is 0. The van der Waals surface area contributed by atoms with Crippen molar-refractivity contribution in [3.8, 4) is 0 Å². The van der Waals surface area contributed by atoms with Gasteiger partial charge in [0.15, 0.2) is 5.78 Å². The average molecular weight is 240 g/mol. The van der Waals surface area contributed by atoms with Crippen LogP contribution < -0.4 is 0 Å². The predicted molar refractivity (Wildman–Crippen MR) is 62.6 cm³/mol. The Morgan fingerprint density at radius 3 is 2.47 bits per heavy atom. The lowest BCUT2D eigenvalue weighted by atomic mass is 10.0. The Hall–Kier alpha value is -0.940. The summed E-state index contributed by atoms with van der Waals surface area (Å²) in [5.74, 6) is 0.514. The van der Waals surface area contributed by atoms with Crippen LogP contribution >= 0.6 is 0 Å². The third kappa shape index (κ3) is 3.26. The fourth-order valence-corrected chi connectivity index (χ4v) is 2.36. The monoisotopic (exact) mass is 240 g/mol. The third-order valence-corrected chi connectivity index (χ3v) is 3.58. The summed E-state index contributed by atoms with van der Waals surface area (Å²) in [5.41, 5.74) is 0. The molecule has 0 N–H and O–H groups in total. The second-order valence-electron chi connectivity index (χ2n) is 4.81. The van der Waals surface area contributed by atoms with Gasteiger partial charge in [0.05, 0.1) is 13.2 Å². The van der Waals surface area contributed by atoms with Crippen LogP contribution in [0.3, 0.4) is 0 Å². The van der Waals surface area contributed by atoms with E-state index in [9.17, 15) is 9.59 Å². The summed E-state index contributed by atoms with van der Waals surface area (Å²) in [4.78, 5) is 27.1. The van der Waals surface area contributed by atoms with Gasteiger partial charge in [-0.1, -0.05) is 0 Å². The van der Waals surface area contributed by atoms with Gasteiger partial charge in [-0.25, -0.2) is 0 Å². The van der Waals surface area contributed by atoms with E-state index in [0.717, 1.165) is 32.6 Å². The number of ketones is 1. The zero-order valence-electron chi connectivity index (χ0n) is 10.4. The van der Waals surface area contributed by atoms with Crippen LogP contribution in [0.5, 0.6) is 0 Å². The minimum absolute atomic E-state index is 0.0980. The molecule has 2 heterocycles. The van der Waals surface area contributed by atoms with Gasteiger partial charge in [-0.3, -0.25) is 14.5 Å². The van der Waals surface area contributed by atoms with Crippen LogP contribution in [-0.2, 0) is 14.3 Å². The molecule has 17 heavy (non-hydrogen) atoms. The van der Waals surface area contributed by atoms with E-state index in [4.69, 9.17) is 4.74 Å². The van der Waals surface area contributed by atoms with Crippen molar-refractivity contribution in [3.05, 3.63) is 0 Å². The molecule has 0 aliphatic carbocycles. The Bertz CT molecular complexity index is 292. The van der Waals surface area contributed by atoms with Gasteiger partial charge in [-0.05, 0) is 6.42 Å². The number of piperazine rings is 1. The first-order valence-electron chi connectivity index (χ1n) is 6.25. The van der Waals surface area contributed by atoms with Crippen LogP contribution in [0.1, 0.15) is 13.3 Å². The fourth-order valence-electron chi connectivity index (χ4n) is 2.36. The highest BCUT2D eigenvalue weighted by Crippen LogP contribution is 2.14. The highest BCUT2D eigenvalue weighted by molar-refractivity contribution is 5.83. The van der Waals surface area contributed by atoms with Crippen molar-refractivity contribution in [2.75, 3.05) is 45.9 Å². The molecule has 0 aromatic carbocycles. The number of hydrogen-bond donors (Lipinski definition) is 0. The summed E-state index contributed by atoms with van der Waals surface area (Å²) in [5, 5.41) is 0. The maximum Gasteiger partial charge on any atom is 0.219 e. The Kier molecular flexibility index (Phi) is 4.12. The molecule has 5 nitrogen and oxygen atoms in total. The molecule has 0 aromatic heterocycles. The largest absolute Gasteiger partial charge is 0.381 e. The topological polar surface area (TPSA) is 49.9 Å². The van der Waals surface area contributed by atoms with Crippen molar-refractivity contribution >= 4 is 11.7 Å². The molecule has 0 bridgehead atoms. The normalized spacial score (nSPS) is 26.2. The molecule has 2 aliphatic rings. The van der Waals surface area contributed by atoms with E-state index in [0.29, 0.717) is 25.5 Å². The highest BCUT2D eigenvalue weighted by Gasteiger charge is 2.26. The van der Waals surface area contributed by atoms with Gasteiger partial charge in [0.2, 0.25) is 5.91 Å². The molecule has 5 heteroatoms. The Morgan fingerprint density at radius 2 is 1.94 bits per heavy atom. The van der Waals surface area contributed by atoms with Gasteiger partial charge < -0.3 is 9.64 Å². The highest BCUT2D eigenvalue weighted by atomic mass is 16.5. The van der Waals surface area contributed by atoms with Crippen molar-refractivity contribution in [2.24, 2.45) is 5.92 Å². The maximum atomic E-state index is 11.9. The Balaban J connectivity index is 1.74. The number of nitrogens with zero attached hydrogens (tertiary/aromatic N) is 2. The molecule has 0 spiro atoms. The van der Waals surface area contributed by atoms with Gasteiger partial charge >= 0.3 is 0 Å². The van der Waals surface area contributed by atoms with E-state index in [1.54, 1.807) is 6.92 Å². The van der Waals surface area contributed by atoms with Crippen molar-refractivity contribution < 1.29 is 14.3 Å².